The van der Waals surface area contributed by atoms with Gasteiger partial charge in [-0.25, -0.2) is 9.78 Å². The molecule has 0 spiro atoms. The van der Waals surface area contributed by atoms with Crippen LogP contribution in [-0.4, -0.2) is 113 Å². The molecule has 0 unspecified atom stereocenters. The van der Waals surface area contributed by atoms with E-state index in [2.05, 4.69) is 50.2 Å². The Kier molecular flexibility index (Phi) is 25.4. The van der Waals surface area contributed by atoms with Crippen LogP contribution in [0, 0.1) is 23.7 Å². The summed E-state index contributed by atoms with van der Waals surface area (Å²) in [5, 5.41) is 17.9. The number of ketones is 1. The normalized spacial score (nSPS) is 17.0. The molecule has 16 heteroatoms. The molecular weight excluding hydrogens is 899 g/mol. The fourth-order valence-electron chi connectivity index (χ4n) is 8.78. The van der Waals surface area contributed by atoms with E-state index in [1.54, 1.807) is 57.3 Å². The van der Waals surface area contributed by atoms with Crippen LogP contribution in [0.4, 0.5) is 4.79 Å². The first-order chi connectivity index (χ1) is 32.7. The Morgan fingerprint density at radius 3 is 2.28 bits per heavy atom. The Morgan fingerprint density at radius 1 is 0.957 bits per heavy atom. The maximum absolute atomic E-state index is 14.8. The Hall–Kier alpha value is -4.41. The van der Waals surface area contributed by atoms with E-state index in [0.717, 1.165) is 57.1 Å². The van der Waals surface area contributed by atoms with E-state index >= 15 is 0 Å². The van der Waals surface area contributed by atoms with Gasteiger partial charge in [0.15, 0.2) is 5.78 Å². The number of carbonyl (C=O) groups excluding carboxylic acids is 5. The van der Waals surface area contributed by atoms with Crippen LogP contribution in [0.25, 0.3) is 0 Å². The summed E-state index contributed by atoms with van der Waals surface area (Å²) in [5.74, 6) is -2.34. The minimum atomic E-state index is -0.975. The van der Waals surface area contributed by atoms with E-state index in [9.17, 15) is 33.9 Å². The van der Waals surface area contributed by atoms with Gasteiger partial charge in [-0.15, -0.1) is 11.3 Å². The molecule has 1 aromatic heterocycles. The van der Waals surface area contributed by atoms with Crippen LogP contribution in [0.1, 0.15) is 180 Å². The summed E-state index contributed by atoms with van der Waals surface area (Å²) in [4.78, 5) is 87.8. The van der Waals surface area contributed by atoms with Crippen molar-refractivity contribution < 1.29 is 48.1 Å². The van der Waals surface area contributed by atoms with Gasteiger partial charge in [-0.05, 0) is 115 Å². The average molecular weight is 984 g/mol. The molecule has 7 atom stereocenters. The number of rotatable bonds is 30. The first-order valence-corrected chi connectivity index (χ1v) is 26.5. The number of alkyl carbamates (subject to hydrolysis) is 1. The number of carboxylic acids is 1. The molecule has 1 aromatic carbocycles. The highest BCUT2D eigenvalue weighted by molar-refractivity contribution is 7.09. The zero-order chi connectivity index (χ0) is 51.3. The first-order valence-electron chi connectivity index (χ1n) is 25.6. The van der Waals surface area contributed by atoms with Crippen LogP contribution in [0.2, 0.25) is 0 Å². The number of likely N-dealkylation sites (tertiary alicyclic amines) is 1. The van der Waals surface area contributed by atoms with Crippen molar-refractivity contribution in [3.8, 4) is 5.75 Å². The van der Waals surface area contributed by atoms with E-state index in [1.807, 2.05) is 18.9 Å². The number of nitrogens with zero attached hydrogens (tertiary/aromatic N) is 3. The number of carboxylic acid groups (broad SMARTS) is 1. The topological polar surface area (TPSA) is 194 Å². The number of Topliss-reactive ketones (excluding diaryl/α,β-unsaturated/α-hetero) is 1. The van der Waals surface area contributed by atoms with E-state index < -0.39 is 47.6 Å². The van der Waals surface area contributed by atoms with Crippen LogP contribution < -0.4 is 15.4 Å². The van der Waals surface area contributed by atoms with Gasteiger partial charge in [-0.2, -0.15) is 0 Å². The van der Waals surface area contributed by atoms with Gasteiger partial charge < -0.3 is 34.9 Å². The second-order valence-electron chi connectivity index (χ2n) is 20.4. The highest BCUT2D eigenvalue weighted by Gasteiger charge is 2.38. The molecule has 2 aromatic rings. The number of aromatic nitrogens is 1. The zero-order valence-corrected chi connectivity index (χ0v) is 44.4. The third kappa shape index (κ3) is 20.5. The smallest absolute Gasteiger partial charge is 0.407 e. The fourth-order valence-corrected chi connectivity index (χ4v) is 9.64. The molecule has 1 aliphatic heterocycles. The van der Waals surface area contributed by atoms with Gasteiger partial charge in [0.2, 0.25) is 5.91 Å². The summed E-state index contributed by atoms with van der Waals surface area (Å²) in [6.45, 7) is 21.8. The van der Waals surface area contributed by atoms with Crippen LogP contribution in [0.3, 0.4) is 0 Å². The van der Waals surface area contributed by atoms with Gasteiger partial charge in [-0.3, -0.25) is 28.9 Å². The fraction of sp³-hybridized carbons (Fsp3) is 0.717. The molecule has 2 heterocycles. The second-order valence-corrected chi connectivity index (χ2v) is 21.3. The van der Waals surface area contributed by atoms with Crippen molar-refractivity contribution in [3.63, 3.8) is 0 Å². The summed E-state index contributed by atoms with van der Waals surface area (Å²) in [7, 11) is 2.01. The lowest BCUT2D eigenvalue weighted by molar-refractivity contribution is -0.145. The van der Waals surface area contributed by atoms with Gasteiger partial charge >= 0.3 is 18.0 Å². The van der Waals surface area contributed by atoms with Crippen molar-refractivity contribution in [2.75, 3.05) is 33.3 Å². The number of benzene rings is 1. The molecule has 0 radical (unpaired) electrons. The number of aliphatic carboxylic acids is 1. The van der Waals surface area contributed by atoms with E-state index in [4.69, 9.17) is 19.2 Å². The number of likely N-dealkylation sites (N-methyl/N-ethyl adjacent to an activating group) is 1. The summed E-state index contributed by atoms with van der Waals surface area (Å²) >= 11 is 1.32. The number of esters is 1. The van der Waals surface area contributed by atoms with Gasteiger partial charge in [0, 0.05) is 62.3 Å². The predicted molar refractivity (Wildman–Crippen MR) is 270 cm³/mol. The minimum Gasteiger partial charge on any atom is -0.481 e. The second kappa shape index (κ2) is 29.7. The van der Waals surface area contributed by atoms with Crippen molar-refractivity contribution in [2.45, 2.75) is 189 Å². The number of piperidine rings is 1. The van der Waals surface area contributed by atoms with Gasteiger partial charge in [0.1, 0.15) is 28.2 Å². The summed E-state index contributed by atoms with van der Waals surface area (Å²) in [5.41, 5.74) is 0.442. The van der Waals surface area contributed by atoms with Crippen LogP contribution in [-0.2, 0) is 35.1 Å². The molecule has 15 nitrogen and oxygen atoms in total. The van der Waals surface area contributed by atoms with E-state index in [-0.39, 0.29) is 66.5 Å². The third-order valence-electron chi connectivity index (χ3n) is 12.9. The maximum atomic E-state index is 14.8. The Morgan fingerprint density at radius 2 is 1.67 bits per heavy atom. The highest BCUT2D eigenvalue weighted by Crippen LogP contribution is 2.34. The van der Waals surface area contributed by atoms with Crippen LogP contribution >= 0.6 is 11.3 Å². The average Bonchev–Trinajstić information content (AvgIpc) is 3.79. The quantitative estimate of drug-likeness (QED) is 0.0382. The first kappa shape index (κ1) is 58.9. The largest absolute Gasteiger partial charge is 0.481 e. The molecule has 0 aliphatic carbocycles. The number of ether oxygens (including phenoxy) is 3. The number of hydrogen-bond acceptors (Lipinski definition) is 12. The van der Waals surface area contributed by atoms with Crippen molar-refractivity contribution in [1.29, 1.82) is 0 Å². The van der Waals surface area contributed by atoms with Gasteiger partial charge in [0.25, 0.3) is 5.91 Å². The molecule has 388 valence electrons. The molecule has 1 fully saturated rings. The van der Waals surface area contributed by atoms with Crippen molar-refractivity contribution in [1.82, 2.24) is 25.4 Å². The molecule has 0 saturated carbocycles. The standard InChI is InChI=1S/C53H85N5O10S/c1-12-27-58(50(62)41(36(6)14-3)32-45(59)43-20-17-19-28-57(43)11)44(35(4)5)33-46(66-29-13-2)49-56-42(34-69-49)48(61)55-39(30-37(7)51(63)64)31-38-22-24-40(25-23-38)67-47(60)21-16-15-18-26-54-52(65)68-53(8,9)10/h22-25,34-37,39,41,43-44,46H,12-21,26-33H2,1-11H3,(H,54,65)(H,55,61)(H,63,64)/t36-,37-,39+,41-,43+,44+,46+/m0/s1. The Balaban J connectivity index is 1.72. The van der Waals surface area contributed by atoms with E-state index in [1.165, 1.54) is 11.3 Å². The minimum absolute atomic E-state index is 0.0112. The summed E-state index contributed by atoms with van der Waals surface area (Å²) in [6, 6.07) is 6.02. The molecule has 3 N–H and O–H groups in total. The van der Waals surface area contributed by atoms with Crippen molar-refractivity contribution in [3.05, 3.63) is 45.9 Å². The predicted octanol–water partition coefficient (Wildman–Crippen LogP) is 9.81. The number of hydrogen-bond donors (Lipinski definition) is 3. The highest BCUT2D eigenvalue weighted by atomic mass is 32.1. The third-order valence-corrected chi connectivity index (χ3v) is 13.8. The number of unbranched alkanes of at least 4 members (excludes halogenated alkanes) is 2. The zero-order valence-electron chi connectivity index (χ0n) is 43.6. The lowest BCUT2D eigenvalue weighted by Crippen LogP contribution is -2.50. The summed E-state index contributed by atoms with van der Waals surface area (Å²) in [6.07, 6.45) is 7.67. The molecule has 3 amide bonds. The van der Waals surface area contributed by atoms with Crippen molar-refractivity contribution >= 4 is 47.0 Å². The van der Waals surface area contributed by atoms with Crippen LogP contribution in [0.5, 0.6) is 5.75 Å². The van der Waals surface area contributed by atoms with Gasteiger partial charge in [0.05, 0.1) is 12.0 Å². The lowest BCUT2D eigenvalue weighted by Gasteiger charge is -2.40. The molecule has 69 heavy (non-hydrogen) atoms. The van der Waals surface area contributed by atoms with E-state index in [0.29, 0.717) is 56.1 Å². The Bertz CT molecular complexity index is 1920. The molecule has 0 bridgehead atoms. The number of carbonyl (C=O) groups is 6. The van der Waals surface area contributed by atoms with Gasteiger partial charge in [-0.1, -0.05) is 79.9 Å². The number of amides is 3. The number of nitrogens with one attached hydrogen (secondary N) is 2. The molecular formula is C53H85N5O10S. The number of thiazole rings is 1. The molecule has 1 saturated heterocycles. The molecule has 3 rings (SSSR count). The monoisotopic (exact) mass is 984 g/mol. The maximum Gasteiger partial charge on any atom is 0.407 e. The molecule has 1 aliphatic rings. The lowest BCUT2D eigenvalue weighted by atomic mass is 9.82. The SMILES string of the molecule is CCCO[C@H](C[C@H](C(C)C)N(CCC)C(=O)[C@@H](CC(=O)[C@H]1CCCCN1C)[C@@H](C)CC)c1nc(C(=O)N[C@@H](Cc2ccc(OC(=O)CCCCCNC(=O)OC(C)(C)C)cc2)C[C@H](C)C(=O)O)cs1. The summed E-state index contributed by atoms with van der Waals surface area (Å²) < 4.78 is 17.3. The van der Waals surface area contributed by atoms with Crippen molar-refractivity contribution in [2.24, 2.45) is 23.7 Å². The Labute approximate surface area is 416 Å². The van der Waals surface area contributed by atoms with Crippen LogP contribution in [0.15, 0.2) is 29.6 Å².